The Morgan fingerprint density at radius 1 is 1.22 bits per heavy atom. The van der Waals surface area contributed by atoms with Crippen molar-refractivity contribution in [2.45, 2.75) is 29.6 Å². The molecule has 2 saturated heterocycles. The number of hydrogen-bond acceptors (Lipinski definition) is 6. The number of piperazine rings is 1. The summed E-state index contributed by atoms with van der Waals surface area (Å²) >= 11 is 0. The van der Waals surface area contributed by atoms with Gasteiger partial charge < -0.3 is 4.74 Å². The highest BCUT2D eigenvalue weighted by Gasteiger charge is 2.43. The number of halogens is 3. The minimum atomic E-state index is -4.72. The van der Waals surface area contributed by atoms with Gasteiger partial charge in [-0.3, -0.25) is 9.58 Å². The molecule has 150 valence electrons. The maximum atomic E-state index is 12.8. The van der Waals surface area contributed by atoms with Crippen LogP contribution in [-0.4, -0.2) is 72.3 Å². The minimum absolute atomic E-state index is 0.0964. The van der Waals surface area contributed by atoms with Crippen LogP contribution in [0.25, 0.3) is 0 Å². The monoisotopic (exact) mass is 407 g/mol. The van der Waals surface area contributed by atoms with Crippen LogP contribution < -0.4 is 0 Å². The molecule has 3 heterocycles. The molecule has 0 spiro atoms. The van der Waals surface area contributed by atoms with Gasteiger partial charge in [0.05, 0.1) is 6.07 Å². The summed E-state index contributed by atoms with van der Waals surface area (Å²) in [4.78, 5) is 1.95. The molecule has 0 aliphatic carbocycles. The van der Waals surface area contributed by atoms with Crippen molar-refractivity contribution in [3.8, 4) is 6.07 Å². The van der Waals surface area contributed by atoms with E-state index < -0.39 is 32.5 Å². The van der Waals surface area contributed by atoms with E-state index in [0.29, 0.717) is 45.2 Å². The molecule has 1 aromatic heterocycles. The van der Waals surface area contributed by atoms with E-state index in [1.165, 1.54) is 7.05 Å². The zero-order valence-electron chi connectivity index (χ0n) is 14.7. The van der Waals surface area contributed by atoms with E-state index in [1.54, 1.807) is 0 Å². The molecule has 2 aliphatic rings. The van der Waals surface area contributed by atoms with Crippen molar-refractivity contribution < 1.29 is 26.3 Å². The Hall–Kier alpha value is -1.68. The van der Waals surface area contributed by atoms with Crippen LogP contribution in [0.3, 0.4) is 0 Å². The van der Waals surface area contributed by atoms with Gasteiger partial charge >= 0.3 is 6.18 Å². The van der Waals surface area contributed by atoms with Crippen molar-refractivity contribution in [2.75, 3.05) is 39.4 Å². The van der Waals surface area contributed by atoms with Gasteiger partial charge in [-0.05, 0) is 0 Å². The number of sulfonamides is 1. The summed E-state index contributed by atoms with van der Waals surface area (Å²) in [6, 6.07) is 2.89. The number of aromatic nitrogens is 2. The molecule has 0 amide bonds. The summed E-state index contributed by atoms with van der Waals surface area (Å²) < 4.78 is 71.2. The fourth-order valence-corrected chi connectivity index (χ4v) is 5.07. The molecular formula is C15H20F3N5O3S. The molecule has 0 bridgehead atoms. The molecule has 8 nitrogen and oxygen atoms in total. The molecule has 2 aliphatic heterocycles. The van der Waals surface area contributed by atoms with Crippen LogP contribution in [0.2, 0.25) is 0 Å². The minimum Gasteiger partial charge on any atom is -0.381 e. The van der Waals surface area contributed by atoms with E-state index in [-0.39, 0.29) is 13.1 Å². The summed E-state index contributed by atoms with van der Waals surface area (Å²) in [7, 11) is -2.94. The van der Waals surface area contributed by atoms with E-state index in [4.69, 9.17) is 4.74 Å². The fourth-order valence-electron chi connectivity index (χ4n) is 3.53. The molecule has 0 unspecified atom stereocenters. The normalized spacial score (nSPS) is 22.5. The van der Waals surface area contributed by atoms with Crippen LogP contribution >= 0.6 is 0 Å². The van der Waals surface area contributed by atoms with Crippen LogP contribution in [0.15, 0.2) is 11.1 Å². The molecule has 0 N–H and O–H groups in total. The molecule has 2 fully saturated rings. The standard InChI is InChI=1S/C15H20F3N5O3S/c1-21-13(10-12(20-21)15(16,17)18)27(24,25)23-6-4-22(5-7-23)14(11-19)2-8-26-9-3-14/h10H,2-9H2,1H3. The lowest BCUT2D eigenvalue weighted by Crippen LogP contribution is -2.59. The SMILES string of the molecule is Cn1nc(C(F)(F)F)cc1S(=O)(=O)N1CCN(C2(C#N)CCOCC2)CC1. The molecular weight excluding hydrogens is 387 g/mol. The Bertz CT molecular complexity index is 832. The highest BCUT2D eigenvalue weighted by Crippen LogP contribution is 2.32. The second kappa shape index (κ2) is 7.05. The number of alkyl halides is 3. The van der Waals surface area contributed by atoms with Crippen LogP contribution in [0, 0.1) is 11.3 Å². The van der Waals surface area contributed by atoms with Crippen molar-refractivity contribution in [2.24, 2.45) is 7.05 Å². The van der Waals surface area contributed by atoms with Gasteiger partial charge in [0.1, 0.15) is 5.54 Å². The highest BCUT2D eigenvalue weighted by molar-refractivity contribution is 7.89. The van der Waals surface area contributed by atoms with Crippen LogP contribution in [0.4, 0.5) is 13.2 Å². The number of rotatable bonds is 3. The predicted octanol–water partition coefficient (Wildman–Crippen LogP) is 0.818. The van der Waals surface area contributed by atoms with E-state index >= 15 is 0 Å². The van der Waals surface area contributed by atoms with Crippen molar-refractivity contribution >= 4 is 10.0 Å². The van der Waals surface area contributed by atoms with Gasteiger partial charge in [-0.15, -0.1) is 0 Å². The largest absolute Gasteiger partial charge is 0.435 e. The summed E-state index contributed by atoms with van der Waals surface area (Å²) in [5.41, 5.74) is -1.92. The quantitative estimate of drug-likeness (QED) is 0.737. The fraction of sp³-hybridized carbons (Fsp3) is 0.733. The molecule has 0 saturated carbocycles. The molecule has 1 aromatic rings. The third-order valence-electron chi connectivity index (χ3n) is 5.10. The van der Waals surface area contributed by atoms with E-state index in [9.17, 15) is 26.9 Å². The number of hydrogen-bond donors (Lipinski definition) is 0. The number of nitriles is 1. The smallest absolute Gasteiger partial charge is 0.381 e. The first-order chi connectivity index (χ1) is 12.6. The van der Waals surface area contributed by atoms with Gasteiger partial charge in [0.2, 0.25) is 0 Å². The van der Waals surface area contributed by atoms with Crippen LogP contribution in [-0.2, 0) is 28.0 Å². The van der Waals surface area contributed by atoms with Gasteiger partial charge in [0.25, 0.3) is 10.0 Å². The van der Waals surface area contributed by atoms with Gasteiger partial charge in [-0.1, -0.05) is 0 Å². The lowest BCUT2D eigenvalue weighted by Gasteiger charge is -2.45. The Morgan fingerprint density at radius 3 is 2.30 bits per heavy atom. The summed E-state index contributed by atoms with van der Waals surface area (Å²) in [6.07, 6.45) is -3.62. The topological polar surface area (TPSA) is 91.5 Å². The second-order valence-electron chi connectivity index (χ2n) is 6.64. The van der Waals surface area contributed by atoms with E-state index in [2.05, 4.69) is 11.2 Å². The number of aryl methyl sites for hydroxylation is 1. The van der Waals surface area contributed by atoms with E-state index in [1.807, 2.05) is 4.90 Å². The van der Waals surface area contributed by atoms with Gasteiger partial charge in [0, 0.05) is 65.3 Å². The third kappa shape index (κ3) is 3.69. The zero-order chi connectivity index (χ0) is 19.9. The van der Waals surface area contributed by atoms with Crippen molar-refractivity contribution in [1.82, 2.24) is 19.0 Å². The average Bonchev–Trinajstić information content (AvgIpc) is 3.05. The molecule has 0 aromatic carbocycles. The number of nitrogens with zero attached hydrogens (tertiary/aromatic N) is 5. The molecule has 3 rings (SSSR count). The molecule has 12 heteroatoms. The van der Waals surface area contributed by atoms with Gasteiger partial charge in [-0.25, -0.2) is 8.42 Å². The highest BCUT2D eigenvalue weighted by atomic mass is 32.2. The van der Waals surface area contributed by atoms with Crippen LogP contribution in [0.5, 0.6) is 0 Å². The first-order valence-electron chi connectivity index (χ1n) is 8.46. The lowest BCUT2D eigenvalue weighted by atomic mass is 9.89. The molecule has 27 heavy (non-hydrogen) atoms. The van der Waals surface area contributed by atoms with Gasteiger partial charge in [0.15, 0.2) is 10.7 Å². The van der Waals surface area contributed by atoms with Crippen molar-refractivity contribution in [3.05, 3.63) is 11.8 Å². The lowest BCUT2D eigenvalue weighted by molar-refractivity contribution is -0.141. The first kappa shape index (κ1) is 20.1. The first-order valence-corrected chi connectivity index (χ1v) is 9.90. The Balaban J connectivity index is 1.76. The van der Waals surface area contributed by atoms with Gasteiger partial charge in [-0.2, -0.15) is 27.8 Å². The maximum Gasteiger partial charge on any atom is 0.435 e. The average molecular weight is 407 g/mol. The summed E-state index contributed by atoms with van der Waals surface area (Å²) in [5.74, 6) is 0. The molecule has 0 radical (unpaired) electrons. The Kier molecular flexibility index (Phi) is 5.24. The Labute approximate surface area is 155 Å². The van der Waals surface area contributed by atoms with Crippen molar-refractivity contribution in [1.29, 1.82) is 5.26 Å². The van der Waals surface area contributed by atoms with Crippen LogP contribution in [0.1, 0.15) is 18.5 Å². The second-order valence-corrected chi connectivity index (χ2v) is 8.52. The zero-order valence-corrected chi connectivity index (χ0v) is 15.6. The Morgan fingerprint density at radius 2 is 1.81 bits per heavy atom. The predicted molar refractivity (Wildman–Crippen MR) is 86.9 cm³/mol. The third-order valence-corrected chi connectivity index (χ3v) is 7.06. The maximum absolute atomic E-state index is 12.8. The summed E-state index contributed by atoms with van der Waals surface area (Å²) in [5, 5.41) is 12.4. The number of ether oxygens (including phenoxy) is 1. The van der Waals surface area contributed by atoms with Crippen molar-refractivity contribution in [3.63, 3.8) is 0 Å². The summed E-state index contributed by atoms with van der Waals surface area (Å²) in [6.45, 7) is 1.80. The van der Waals surface area contributed by atoms with E-state index in [0.717, 1.165) is 8.99 Å². The molecule has 0 atom stereocenters.